The van der Waals surface area contributed by atoms with Gasteiger partial charge in [-0.05, 0) is 18.6 Å². The summed E-state index contributed by atoms with van der Waals surface area (Å²) in [7, 11) is 0. The van der Waals surface area contributed by atoms with Gasteiger partial charge in [0.15, 0.2) is 4.47 Å². The Labute approximate surface area is 126 Å². The predicted molar refractivity (Wildman–Crippen MR) is 81.2 cm³/mol. The maximum absolute atomic E-state index is 11.6. The molecule has 0 aliphatic carbocycles. The Kier molecular flexibility index (Phi) is 5.38. The number of anilines is 1. The molecule has 2 rings (SSSR count). The normalized spacial score (nSPS) is 10.3. The van der Waals surface area contributed by atoms with Gasteiger partial charge < -0.3 is 10.1 Å². The first-order valence-corrected chi connectivity index (χ1v) is 7.46. The van der Waals surface area contributed by atoms with E-state index in [1.165, 1.54) is 11.3 Å². The summed E-state index contributed by atoms with van der Waals surface area (Å²) >= 11 is 7.23. The summed E-state index contributed by atoms with van der Waals surface area (Å²) in [6.45, 7) is 2.83. The minimum Gasteiger partial charge on any atom is -0.466 e. The van der Waals surface area contributed by atoms with E-state index in [1.807, 2.05) is 24.3 Å². The topological polar surface area (TPSA) is 51.2 Å². The third kappa shape index (κ3) is 4.21. The van der Waals surface area contributed by atoms with Crippen molar-refractivity contribution in [3.8, 4) is 0 Å². The van der Waals surface area contributed by atoms with Crippen molar-refractivity contribution in [3.05, 3.63) is 45.4 Å². The van der Waals surface area contributed by atoms with Crippen LogP contribution in [0.5, 0.6) is 0 Å². The number of ether oxygens (including phenoxy) is 1. The van der Waals surface area contributed by atoms with Crippen LogP contribution in [0, 0.1) is 0 Å². The highest BCUT2D eigenvalue weighted by Crippen LogP contribution is 2.21. The number of para-hydroxylation sites is 1. The average molecular weight is 311 g/mol. The van der Waals surface area contributed by atoms with Crippen LogP contribution in [0.1, 0.15) is 17.4 Å². The molecule has 106 valence electrons. The van der Waals surface area contributed by atoms with E-state index >= 15 is 0 Å². The van der Waals surface area contributed by atoms with Crippen molar-refractivity contribution < 1.29 is 9.53 Å². The minimum absolute atomic E-state index is 0.220. The van der Waals surface area contributed by atoms with E-state index < -0.39 is 0 Å². The Hall–Kier alpha value is -1.59. The average Bonchev–Trinajstić information content (AvgIpc) is 2.84. The number of hydrogen-bond acceptors (Lipinski definition) is 5. The van der Waals surface area contributed by atoms with Gasteiger partial charge >= 0.3 is 5.97 Å². The Morgan fingerprint density at radius 3 is 2.95 bits per heavy atom. The molecule has 0 aliphatic heterocycles. The first-order chi connectivity index (χ1) is 9.69. The fourth-order valence-electron chi connectivity index (χ4n) is 1.76. The highest BCUT2D eigenvalue weighted by atomic mass is 35.5. The predicted octanol–water partition coefficient (Wildman–Crippen LogP) is 3.51. The number of carbonyl (C=O) groups excluding carboxylic acids is 1. The molecule has 1 heterocycles. The number of rotatable bonds is 6. The number of hydrogen-bond donors (Lipinski definition) is 1. The summed E-state index contributed by atoms with van der Waals surface area (Å²) in [4.78, 5) is 16.6. The molecule has 0 amide bonds. The third-order valence-corrected chi connectivity index (χ3v) is 3.75. The lowest BCUT2D eigenvalue weighted by Crippen LogP contribution is -2.10. The first-order valence-electron chi connectivity index (χ1n) is 6.26. The Morgan fingerprint density at radius 1 is 1.45 bits per heavy atom. The zero-order valence-corrected chi connectivity index (χ0v) is 12.6. The van der Waals surface area contributed by atoms with Crippen LogP contribution in [0.4, 0.5) is 5.69 Å². The van der Waals surface area contributed by atoms with Crippen LogP contribution in [-0.2, 0) is 22.5 Å². The van der Waals surface area contributed by atoms with Crippen LogP contribution in [0.3, 0.4) is 0 Å². The van der Waals surface area contributed by atoms with Gasteiger partial charge in [-0.15, -0.1) is 11.3 Å². The monoisotopic (exact) mass is 310 g/mol. The van der Waals surface area contributed by atoms with Gasteiger partial charge in [-0.3, -0.25) is 4.79 Å². The van der Waals surface area contributed by atoms with Crippen LogP contribution in [0.2, 0.25) is 4.47 Å². The molecule has 0 unspecified atom stereocenters. The van der Waals surface area contributed by atoms with Gasteiger partial charge in [0, 0.05) is 16.8 Å². The molecule has 2 aromatic rings. The number of esters is 1. The number of nitrogens with zero attached hydrogens (tertiary/aromatic N) is 1. The summed E-state index contributed by atoms with van der Waals surface area (Å²) in [6.07, 6.45) is 2.01. The van der Waals surface area contributed by atoms with Gasteiger partial charge in [0.05, 0.1) is 19.6 Å². The molecule has 0 aliphatic rings. The molecule has 20 heavy (non-hydrogen) atoms. The van der Waals surface area contributed by atoms with E-state index in [0.29, 0.717) is 17.6 Å². The van der Waals surface area contributed by atoms with Crippen molar-refractivity contribution in [1.29, 1.82) is 0 Å². The van der Waals surface area contributed by atoms with Gasteiger partial charge in [-0.2, -0.15) is 0 Å². The van der Waals surface area contributed by atoms with Crippen molar-refractivity contribution in [2.75, 3.05) is 11.9 Å². The molecular weight excluding hydrogens is 296 g/mol. The molecule has 4 nitrogen and oxygen atoms in total. The molecule has 1 N–H and O–H groups in total. The minimum atomic E-state index is -0.220. The van der Waals surface area contributed by atoms with Gasteiger partial charge in [-0.25, -0.2) is 4.98 Å². The Bertz CT molecular complexity index is 586. The van der Waals surface area contributed by atoms with E-state index in [1.54, 1.807) is 13.1 Å². The molecular formula is C14H15ClN2O2S. The Balaban J connectivity index is 2.02. The van der Waals surface area contributed by atoms with E-state index in [9.17, 15) is 4.79 Å². The van der Waals surface area contributed by atoms with Gasteiger partial charge in [0.1, 0.15) is 0 Å². The zero-order valence-electron chi connectivity index (χ0n) is 11.1. The number of halogens is 1. The Morgan fingerprint density at radius 2 is 2.25 bits per heavy atom. The molecule has 0 spiro atoms. The lowest BCUT2D eigenvalue weighted by molar-refractivity contribution is -0.142. The second-order valence-corrected chi connectivity index (χ2v) is 5.77. The molecule has 1 aromatic carbocycles. The number of carbonyl (C=O) groups is 1. The standard InChI is InChI=1S/C14H15ClN2O2S/c1-2-19-13(18)7-10-5-3-4-6-12(10)16-8-11-9-17-14(15)20-11/h3-6,9,16H,2,7-8H2,1H3. The molecule has 1 aromatic heterocycles. The van der Waals surface area contributed by atoms with Gasteiger partial charge in [0.25, 0.3) is 0 Å². The van der Waals surface area contributed by atoms with Crippen LogP contribution in [0.25, 0.3) is 0 Å². The van der Waals surface area contributed by atoms with Crippen molar-refractivity contribution in [1.82, 2.24) is 4.98 Å². The van der Waals surface area contributed by atoms with Crippen LogP contribution in [-0.4, -0.2) is 17.6 Å². The van der Waals surface area contributed by atoms with E-state index in [0.717, 1.165) is 16.1 Å². The fraction of sp³-hybridized carbons (Fsp3) is 0.286. The fourth-order valence-corrected chi connectivity index (χ4v) is 2.68. The zero-order chi connectivity index (χ0) is 14.4. The van der Waals surface area contributed by atoms with Crippen molar-refractivity contribution in [2.45, 2.75) is 19.9 Å². The molecule has 0 fully saturated rings. The lowest BCUT2D eigenvalue weighted by atomic mass is 10.1. The maximum atomic E-state index is 11.6. The molecule has 0 saturated carbocycles. The SMILES string of the molecule is CCOC(=O)Cc1ccccc1NCc1cnc(Cl)s1. The number of thiazole rings is 1. The first kappa shape index (κ1) is 14.8. The largest absolute Gasteiger partial charge is 0.466 e. The lowest BCUT2D eigenvalue weighted by Gasteiger charge is -2.10. The smallest absolute Gasteiger partial charge is 0.310 e. The number of aromatic nitrogens is 1. The van der Waals surface area contributed by atoms with Crippen LogP contribution < -0.4 is 5.32 Å². The molecule has 0 bridgehead atoms. The third-order valence-electron chi connectivity index (χ3n) is 2.64. The van der Waals surface area contributed by atoms with Crippen LogP contribution in [0.15, 0.2) is 30.5 Å². The number of benzene rings is 1. The molecule has 0 radical (unpaired) electrons. The van der Waals surface area contributed by atoms with E-state index in [2.05, 4.69) is 10.3 Å². The summed E-state index contributed by atoms with van der Waals surface area (Å²) in [6, 6.07) is 7.69. The molecule has 0 atom stereocenters. The second kappa shape index (κ2) is 7.26. The van der Waals surface area contributed by atoms with Crippen molar-refractivity contribution in [3.63, 3.8) is 0 Å². The quantitative estimate of drug-likeness (QED) is 0.830. The van der Waals surface area contributed by atoms with Crippen molar-refractivity contribution in [2.24, 2.45) is 0 Å². The van der Waals surface area contributed by atoms with Crippen molar-refractivity contribution >= 4 is 34.6 Å². The van der Waals surface area contributed by atoms with E-state index in [-0.39, 0.29) is 12.4 Å². The summed E-state index contributed by atoms with van der Waals surface area (Å²) in [5.74, 6) is -0.220. The van der Waals surface area contributed by atoms with E-state index in [4.69, 9.17) is 16.3 Å². The molecule has 6 heteroatoms. The molecule has 0 saturated heterocycles. The van der Waals surface area contributed by atoms with Gasteiger partial charge in [0.2, 0.25) is 0 Å². The summed E-state index contributed by atoms with van der Waals surface area (Å²) in [5.41, 5.74) is 1.84. The maximum Gasteiger partial charge on any atom is 0.310 e. The van der Waals surface area contributed by atoms with Crippen LogP contribution >= 0.6 is 22.9 Å². The highest BCUT2D eigenvalue weighted by molar-refractivity contribution is 7.15. The second-order valence-electron chi connectivity index (χ2n) is 4.07. The summed E-state index contributed by atoms with van der Waals surface area (Å²) in [5, 5.41) is 3.29. The summed E-state index contributed by atoms with van der Waals surface area (Å²) < 4.78 is 5.50. The highest BCUT2D eigenvalue weighted by Gasteiger charge is 2.08. The van der Waals surface area contributed by atoms with Gasteiger partial charge in [-0.1, -0.05) is 29.8 Å². The number of nitrogens with one attached hydrogen (secondary N) is 1.